The zero-order valence-electron chi connectivity index (χ0n) is 9.14. The van der Waals surface area contributed by atoms with Gasteiger partial charge in [0.25, 0.3) is 0 Å². The zero-order chi connectivity index (χ0) is 12.5. The first kappa shape index (κ1) is 11.4. The Morgan fingerprint density at radius 3 is 2.76 bits per heavy atom. The van der Waals surface area contributed by atoms with Crippen molar-refractivity contribution >= 4 is 11.9 Å². The van der Waals surface area contributed by atoms with E-state index >= 15 is 0 Å². The van der Waals surface area contributed by atoms with Crippen LogP contribution < -0.4 is 5.32 Å². The second kappa shape index (κ2) is 4.08. The molecule has 0 saturated carbocycles. The van der Waals surface area contributed by atoms with Gasteiger partial charge in [-0.2, -0.15) is 0 Å². The third kappa shape index (κ3) is 2.22. The molecule has 1 aromatic carbocycles. The molecule has 1 atom stereocenters. The van der Waals surface area contributed by atoms with Crippen LogP contribution in [0.5, 0.6) is 5.75 Å². The summed E-state index contributed by atoms with van der Waals surface area (Å²) >= 11 is 0. The molecule has 90 valence electrons. The lowest BCUT2D eigenvalue weighted by Crippen LogP contribution is -2.35. The van der Waals surface area contributed by atoms with Gasteiger partial charge < -0.3 is 15.5 Å². The monoisotopic (exact) mass is 235 g/mol. The van der Waals surface area contributed by atoms with Crippen LogP contribution in [0.1, 0.15) is 12.0 Å². The largest absolute Gasteiger partial charge is 0.508 e. The summed E-state index contributed by atoms with van der Waals surface area (Å²) in [4.78, 5) is 22.5. The zero-order valence-corrected chi connectivity index (χ0v) is 9.14. The smallest absolute Gasteiger partial charge is 0.312 e. The van der Waals surface area contributed by atoms with Gasteiger partial charge in [0.1, 0.15) is 5.75 Å². The molecule has 1 amide bonds. The molecule has 0 spiro atoms. The summed E-state index contributed by atoms with van der Waals surface area (Å²) in [5.74, 6) is -1.13. The lowest BCUT2D eigenvalue weighted by atomic mass is 9.81. The van der Waals surface area contributed by atoms with Crippen molar-refractivity contribution in [3.05, 3.63) is 29.8 Å². The van der Waals surface area contributed by atoms with E-state index in [1.165, 1.54) is 12.1 Å². The number of phenols is 1. The minimum absolute atomic E-state index is 0.0159. The van der Waals surface area contributed by atoms with Crippen LogP contribution in [-0.4, -0.2) is 28.6 Å². The highest BCUT2D eigenvalue weighted by Gasteiger charge is 2.45. The van der Waals surface area contributed by atoms with Gasteiger partial charge in [0.05, 0.1) is 5.41 Å². The molecule has 17 heavy (non-hydrogen) atoms. The van der Waals surface area contributed by atoms with Gasteiger partial charge in [-0.05, 0) is 24.1 Å². The third-order valence-corrected chi connectivity index (χ3v) is 3.03. The van der Waals surface area contributed by atoms with E-state index in [-0.39, 0.29) is 31.0 Å². The number of benzene rings is 1. The van der Waals surface area contributed by atoms with Gasteiger partial charge in [-0.1, -0.05) is 12.1 Å². The van der Waals surface area contributed by atoms with Crippen molar-refractivity contribution in [2.45, 2.75) is 12.8 Å². The van der Waals surface area contributed by atoms with E-state index in [1.54, 1.807) is 12.1 Å². The Bertz CT molecular complexity index is 471. The standard InChI is InChI=1S/C12H13NO4/c14-9-3-1-2-8(4-9)5-12(11(16)17)6-10(15)13-7-12/h1-4,14H,5-7H2,(H,13,15)(H,16,17). The SMILES string of the molecule is O=C1CC(Cc2cccc(O)c2)(C(=O)O)CN1. The summed E-state index contributed by atoms with van der Waals surface area (Å²) in [6.07, 6.45) is 0.216. The molecule has 1 aliphatic heterocycles. The highest BCUT2D eigenvalue weighted by atomic mass is 16.4. The minimum atomic E-state index is -1.09. The van der Waals surface area contributed by atoms with Crippen molar-refractivity contribution < 1.29 is 19.8 Å². The van der Waals surface area contributed by atoms with Gasteiger partial charge >= 0.3 is 5.97 Å². The molecule has 0 radical (unpaired) electrons. The first-order valence-corrected chi connectivity index (χ1v) is 5.30. The van der Waals surface area contributed by atoms with E-state index in [0.29, 0.717) is 5.56 Å². The van der Waals surface area contributed by atoms with Crippen molar-refractivity contribution in [1.29, 1.82) is 0 Å². The van der Waals surface area contributed by atoms with Crippen molar-refractivity contribution in [3.63, 3.8) is 0 Å². The first-order valence-electron chi connectivity index (χ1n) is 5.30. The molecule has 1 saturated heterocycles. The Hall–Kier alpha value is -2.04. The fourth-order valence-electron chi connectivity index (χ4n) is 2.11. The van der Waals surface area contributed by atoms with Crippen LogP contribution in [0.25, 0.3) is 0 Å². The number of carboxylic acid groups (broad SMARTS) is 1. The van der Waals surface area contributed by atoms with Gasteiger partial charge in [0, 0.05) is 13.0 Å². The van der Waals surface area contributed by atoms with Crippen molar-refractivity contribution in [2.75, 3.05) is 6.54 Å². The van der Waals surface area contributed by atoms with E-state index in [9.17, 15) is 19.8 Å². The minimum Gasteiger partial charge on any atom is -0.508 e. The number of phenolic OH excluding ortho intramolecular Hbond substituents is 1. The Balaban J connectivity index is 2.25. The number of hydrogen-bond donors (Lipinski definition) is 3. The van der Waals surface area contributed by atoms with Gasteiger partial charge in [-0.3, -0.25) is 9.59 Å². The number of aliphatic carboxylic acids is 1. The van der Waals surface area contributed by atoms with E-state index < -0.39 is 11.4 Å². The number of rotatable bonds is 3. The predicted octanol–water partition coefficient (Wildman–Crippen LogP) is 0.526. The number of amides is 1. The van der Waals surface area contributed by atoms with Crippen LogP contribution >= 0.6 is 0 Å². The predicted molar refractivity (Wildman–Crippen MR) is 59.5 cm³/mol. The lowest BCUT2D eigenvalue weighted by molar-refractivity contribution is -0.148. The molecule has 1 aromatic rings. The van der Waals surface area contributed by atoms with E-state index in [2.05, 4.69) is 5.32 Å². The second-order valence-corrected chi connectivity index (χ2v) is 4.39. The average molecular weight is 235 g/mol. The normalized spacial score (nSPS) is 23.4. The third-order valence-electron chi connectivity index (χ3n) is 3.03. The summed E-state index contributed by atoms with van der Waals surface area (Å²) in [6.45, 7) is 0.136. The molecule has 1 fully saturated rings. The molecule has 0 aromatic heterocycles. The average Bonchev–Trinajstić information content (AvgIpc) is 2.61. The van der Waals surface area contributed by atoms with Crippen LogP contribution in [0.15, 0.2) is 24.3 Å². The van der Waals surface area contributed by atoms with Crippen LogP contribution in [0.2, 0.25) is 0 Å². The summed E-state index contributed by atoms with van der Waals surface area (Å²) in [6, 6.07) is 6.44. The molecule has 5 heteroatoms. The highest BCUT2D eigenvalue weighted by Crippen LogP contribution is 2.31. The fourth-order valence-corrected chi connectivity index (χ4v) is 2.11. The maximum absolute atomic E-state index is 11.3. The van der Waals surface area contributed by atoms with Gasteiger partial charge in [0.2, 0.25) is 5.91 Å². The Morgan fingerprint density at radius 1 is 1.47 bits per heavy atom. The molecule has 2 rings (SSSR count). The van der Waals surface area contributed by atoms with Crippen LogP contribution in [0.4, 0.5) is 0 Å². The van der Waals surface area contributed by atoms with Crippen LogP contribution in [-0.2, 0) is 16.0 Å². The molecule has 1 heterocycles. The van der Waals surface area contributed by atoms with Gasteiger partial charge in [-0.15, -0.1) is 0 Å². The van der Waals surface area contributed by atoms with E-state index in [1.807, 2.05) is 0 Å². The number of aromatic hydroxyl groups is 1. The number of carbonyl (C=O) groups excluding carboxylic acids is 1. The number of hydrogen-bond acceptors (Lipinski definition) is 3. The Kier molecular flexibility index (Phi) is 2.75. The Labute approximate surface area is 98.1 Å². The molecule has 1 unspecified atom stereocenters. The fraction of sp³-hybridized carbons (Fsp3) is 0.333. The van der Waals surface area contributed by atoms with Crippen molar-refractivity contribution in [3.8, 4) is 5.75 Å². The molecule has 3 N–H and O–H groups in total. The first-order chi connectivity index (χ1) is 8.02. The van der Waals surface area contributed by atoms with Crippen LogP contribution in [0.3, 0.4) is 0 Å². The number of nitrogens with one attached hydrogen (secondary N) is 1. The van der Waals surface area contributed by atoms with Crippen molar-refractivity contribution in [1.82, 2.24) is 5.32 Å². The summed E-state index contributed by atoms with van der Waals surface area (Å²) in [7, 11) is 0. The quantitative estimate of drug-likeness (QED) is 0.713. The molecule has 1 aliphatic rings. The molecule has 0 bridgehead atoms. The number of carbonyl (C=O) groups is 2. The summed E-state index contributed by atoms with van der Waals surface area (Å²) in [5.41, 5.74) is -0.380. The lowest BCUT2D eigenvalue weighted by Gasteiger charge is -2.21. The molecular formula is C12H13NO4. The van der Waals surface area contributed by atoms with E-state index in [4.69, 9.17) is 0 Å². The maximum atomic E-state index is 11.3. The second-order valence-electron chi connectivity index (χ2n) is 4.39. The van der Waals surface area contributed by atoms with Gasteiger partial charge in [-0.25, -0.2) is 0 Å². The molecule has 5 nitrogen and oxygen atoms in total. The number of carboxylic acids is 1. The molecular weight excluding hydrogens is 222 g/mol. The van der Waals surface area contributed by atoms with Gasteiger partial charge in [0.15, 0.2) is 0 Å². The topological polar surface area (TPSA) is 86.6 Å². The molecule has 0 aliphatic carbocycles. The summed E-state index contributed by atoms with van der Waals surface area (Å²) in [5, 5.41) is 21.1. The van der Waals surface area contributed by atoms with E-state index in [0.717, 1.165) is 0 Å². The Morgan fingerprint density at radius 2 is 2.24 bits per heavy atom. The summed E-state index contributed by atoms with van der Waals surface area (Å²) < 4.78 is 0. The highest BCUT2D eigenvalue weighted by molar-refractivity contribution is 5.89. The van der Waals surface area contributed by atoms with Crippen molar-refractivity contribution in [2.24, 2.45) is 5.41 Å². The van der Waals surface area contributed by atoms with Crippen LogP contribution in [0, 0.1) is 5.41 Å². The maximum Gasteiger partial charge on any atom is 0.312 e.